The van der Waals surface area contributed by atoms with Crippen molar-refractivity contribution in [2.24, 2.45) is 0 Å². The van der Waals surface area contributed by atoms with Crippen LogP contribution in [0.4, 0.5) is 0 Å². The molecule has 8 heteroatoms. The average Bonchev–Trinajstić information content (AvgIpc) is 2.95. The lowest BCUT2D eigenvalue weighted by Crippen LogP contribution is -2.35. The first-order valence-electron chi connectivity index (χ1n) is 12.4. The second kappa shape index (κ2) is 13.4. The largest absolute Gasteiger partial charge is 0.469 e. The summed E-state index contributed by atoms with van der Waals surface area (Å²) in [6.45, 7) is 2.74. The molecule has 0 saturated carbocycles. The molecule has 1 fully saturated rings. The van der Waals surface area contributed by atoms with Crippen LogP contribution < -0.4 is 5.32 Å². The molecule has 8 nitrogen and oxygen atoms in total. The number of rotatable bonds is 10. The molecule has 1 N–H and O–H groups in total. The first-order valence-corrected chi connectivity index (χ1v) is 12.4. The molecule has 1 saturated heterocycles. The number of morpholine rings is 1. The van der Waals surface area contributed by atoms with Crippen molar-refractivity contribution in [1.82, 2.24) is 20.2 Å². The van der Waals surface area contributed by atoms with Crippen molar-refractivity contribution in [3.8, 4) is 0 Å². The van der Waals surface area contributed by atoms with E-state index >= 15 is 0 Å². The molecule has 37 heavy (non-hydrogen) atoms. The Kier molecular flexibility index (Phi) is 9.51. The predicted molar refractivity (Wildman–Crippen MR) is 140 cm³/mol. The van der Waals surface area contributed by atoms with Gasteiger partial charge in [-0.1, -0.05) is 72.8 Å². The van der Waals surface area contributed by atoms with Crippen molar-refractivity contribution in [3.05, 3.63) is 107 Å². The Balaban J connectivity index is 1.64. The van der Waals surface area contributed by atoms with Gasteiger partial charge in [0.15, 0.2) is 5.82 Å². The third kappa shape index (κ3) is 7.55. The minimum absolute atomic E-state index is 0.149. The molecule has 1 amide bonds. The van der Waals surface area contributed by atoms with Crippen LogP contribution in [0.5, 0.6) is 0 Å². The van der Waals surface area contributed by atoms with Gasteiger partial charge in [-0.05, 0) is 11.1 Å². The van der Waals surface area contributed by atoms with Crippen LogP contribution in [0.1, 0.15) is 45.5 Å². The summed E-state index contributed by atoms with van der Waals surface area (Å²) in [5, 5.41) is 3.31. The number of hydrogen-bond acceptors (Lipinski definition) is 7. The van der Waals surface area contributed by atoms with Gasteiger partial charge in [-0.15, -0.1) is 0 Å². The number of methoxy groups -OCH3 is 1. The summed E-state index contributed by atoms with van der Waals surface area (Å²) in [6, 6.07) is 19.7. The smallest absolute Gasteiger partial charge is 0.309 e. The number of benzene rings is 2. The van der Waals surface area contributed by atoms with Crippen molar-refractivity contribution >= 4 is 11.9 Å². The van der Waals surface area contributed by atoms with Crippen molar-refractivity contribution in [3.63, 3.8) is 0 Å². The number of hydrogen-bond donors (Lipinski definition) is 1. The lowest BCUT2D eigenvalue weighted by atomic mass is 10.0. The minimum Gasteiger partial charge on any atom is -0.469 e. The molecule has 2 aromatic carbocycles. The van der Waals surface area contributed by atoms with Crippen LogP contribution in [-0.2, 0) is 27.2 Å². The van der Waals surface area contributed by atoms with E-state index in [1.54, 1.807) is 17.2 Å². The highest BCUT2D eigenvalue weighted by Gasteiger charge is 2.24. The Morgan fingerprint density at radius 3 is 2.49 bits per heavy atom. The maximum atomic E-state index is 13.9. The predicted octanol–water partition coefficient (Wildman–Crippen LogP) is 3.49. The quantitative estimate of drug-likeness (QED) is 0.336. The Bertz CT molecular complexity index is 1200. The van der Waals surface area contributed by atoms with Crippen LogP contribution >= 0.6 is 0 Å². The van der Waals surface area contributed by atoms with Crippen molar-refractivity contribution in [2.75, 3.05) is 33.4 Å². The molecule has 0 bridgehead atoms. The summed E-state index contributed by atoms with van der Waals surface area (Å²) in [5.41, 5.74) is 3.16. The van der Waals surface area contributed by atoms with Gasteiger partial charge < -0.3 is 19.7 Å². The lowest BCUT2D eigenvalue weighted by Gasteiger charge is -2.25. The monoisotopic (exact) mass is 500 g/mol. The van der Waals surface area contributed by atoms with E-state index in [0.717, 1.165) is 17.7 Å². The summed E-state index contributed by atoms with van der Waals surface area (Å²) < 4.78 is 10.6. The number of carbonyl (C=O) groups is 2. The Morgan fingerprint density at radius 2 is 1.81 bits per heavy atom. The average molecular weight is 501 g/mol. The first-order chi connectivity index (χ1) is 18.1. The third-order valence-electron chi connectivity index (χ3n) is 6.05. The van der Waals surface area contributed by atoms with E-state index < -0.39 is 0 Å². The Hall–Kier alpha value is -3.88. The van der Waals surface area contributed by atoms with Gasteiger partial charge in [0.25, 0.3) is 5.91 Å². The lowest BCUT2D eigenvalue weighted by molar-refractivity contribution is -0.139. The topological polar surface area (TPSA) is 93.7 Å². The number of nitrogens with zero attached hydrogens (tertiary/aromatic N) is 3. The molecule has 4 rings (SSSR count). The van der Waals surface area contributed by atoms with Crippen LogP contribution in [0.15, 0.2) is 79.0 Å². The molecule has 1 aliphatic rings. The highest BCUT2D eigenvalue weighted by atomic mass is 16.5. The van der Waals surface area contributed by atoms with E-state index in [9.17, 15) is 9.59 Å². The molecule has 1 aliphatic heterocycles. The van der Waals surface area contributed by atoms with Crippen LogP contribution in [0.3, 0.4) is 0 Å². The number of nitrogens with one attached hydrogen (secondary N) is 1. The van der Waals surface area contributed by atoms with Gasteiger partial charge in [0.05, 0.1) is 31.4 Å². The maximum absolute atomic E-state index is 13.9. The molecular weight excluding hydrogens is 468 g/mol. The van der Waals surface area contributed by atoms with Gasteiger partial charge in [-0.25, -0.2) is 9.97 Å². The highest BCUT2D eigenvalue weighted by Crippen LogP contribution is 2.20. The normalized spacial score (nSPS) is 15.4. The molecule has 0 aliphatic carbocycles. The van der Waals surface area contributed by atoms with Crippen LogP contribution in [0.2, 0.25) is 0 Å². The van der Waals surface area contributed by atoms with Crippen molar-refractivity contribution in [1.29, 1.82) is 0 Å². The minimum atomic E-state index is -0.328. The third-order valence-corrected chi connectivity index (χ3v) is 6.05. The summed E-state index contributed by atoms with van der Waals surface area (Å²) in [7, 11) is 1.35. The number of amides is 1. The highest BCUT2D eigenvalue weighted by molar-refractivity contribution is 5.95. The van der Waals surface area contributed by atoms with Gasteiger partial charge in [-0.3, -0.25) is 9.59 Å². The van der Waals surface area contributed by atoms with Crippen LogP contribution in [-0.4, -0.2) is 60.1 Å². The van der Waals surface area contributed by atoms with Gasteiger partial charge >= 0.3 is 5.97 Å². The zero-order valence-corrected chi connectivity index (χ0v) is 21.0. The molecular formula is C29H32N4O4. The Morgan fingerprint density at radius 1 is 1.08 bits per heavy atom. The summed E-state index contributed by atoms with van der Waals surface area (Å²) in [6.07, 6.45) is 5.54. The standard InChI is InChI=1S/C29H32N4O4/c1-36-27(34)14-8-9-16-33(21-23-12-6-3-7-13-23)29(35)24-19-31-28(26-20-30-15-17-37-26)32-25(24)18-22-10-4-2-5-11-22/h2-13,19,26,30H,14-18,20-21H2,1H3/b9-8+. The summed E-state index contributed by atoms with van der Waals surface area (Å²) >= 11 is 0. The molecule has 1 aromatic heterocycles. The van der Waals surface area contributed by atoms with E-state index in [0.29, 0.717) is 49.7 Å². The van der Waals surface area contributed by atoms with Gasteiger partial charge in [0.2, 0.25) is 0 Å². The molecule has 2 heterocycles. The zero-order valence-electron chi connectivity index (χ0n) is 21.0. The van der Waals surface area contributed by atoms with Gasteiger partial charge in [0.1, 0.15) is 6.10 Å². The maximum Gasteiger partial charge on any atom is 0.309 e. The van der Waals surface area contributed by atoms with Crippen LogP contribution in [0, 0.1) is 0 Å². The SMILES string of the molecule is COC(=O)C/C=C/CN(Cc1ccccc1)C(=O)c1cnc(C2CNCCO2)nc1Cc1ccccc1. The summed E-state index contributed by atoms with van der Waals surface area (Å²) in [5.74, 6) is 0.0692. The first kappa shape index (κ1) is 26.2. The fraction of sp³-hybridized carbons (Fsp3) is 0.310. The number of ether oxygens (including phenoxy) is 2. The molecule has 0 radical (unpaired) electrons. The van der Waals surface area contributed by atoms with Gasteiger partial charge in [0, 0.05) is 38.8 Å². The van der Waals surface area contributed by atoms with Crippen LogP contribution in [0.25, 0.3) is 0 Å². The molecule has 192 valence electrons. The molecule has 1 unspecified atom stereocenters. The number of esters is 1. The molecule has 3 aromatic rings. The van der Waals surface area contributed by atoms with E-state index in [4.69, 9.17) is 14.5 Å². The van der Waals surface area contributed by atoms with E-state index in [2.05, 4.69) is 10.3 Å². The van der Waals surface area contributed by atoms with Crippen molar-refractivity contribution in [2.45, 2.75) is 25.5 Å². The molecule has 0 spiro atoms. The van der Waals surface area contributed by atoms with E-state index in [1.807, 2.05) is 66.7 Å². The summed E-state index contributed by atoms with van der Waals surface area (Å²) in [4.78, 5) is 36.5. The fourth-order valence-corrected chi connectivity index (χ4v) is 4.08. The van der Waals surface area contributed by atoms with Gasteiger partial charge in [-0.2, -0.15) is 0 Å². The second-order valence-corrected chi connectivity index (χ2v) is 8.74. The second-order valence-electron chi connectivity index (χ2n) is 8.74. The molecule has 1 atom stereocenters. The number of aromatic nitrogens is 2. The Labute approximate surface area is 217 Å². The number of carbonyl (C=O) groups excluding carboxylic acids is 2. The van der Waals surface area contributed by atoms with E-state index in [-0.39, 0.29) is 24.4 Å². The zero-order chi connectivity index (χ0) is 25.9. The van der Waals surface area contributed by atoms with Crippen molar-refractivity contribution < 1.29 is 19.1 Å². The van der Waals surface area contributed by atoms with E-state index in [1.165, 1.54) is 7.11 Å². The fourth-order valence-electron chi connectivity index (χ4n) is 4.08.